The average molecular weight is 613 g/mol. The number of rotatable bonds is 10. The normalized spacial score (nSPS) is 11.6. The van der Waals surface area contributed by atoms with Crippen LogP contribution in [0.1, 0.15) is 33.4 Å². The van der Waals surface area contributed by atoms with Crippen molar-refractivity contribution in [1.29, 1.82) is 5.41 Å². The fourth-order valence-corrected chi connectivity index (χ4v) is 4.75. The first kappa shape index (κ1) is 30.0. The minimum absolute atomic E-state index is 0.00285. The summed E-state index contributed by atoms with van der Waals surface area (Å²) in [5.74, 6) is -0.0975. The first-order chi connectivity index (χ1) is 21.0. The summed E-state index contributed by atoms with van der Waals surface area (Å²) >= 11 is 6.39. The van der Waals surface area contributed by atoms with E-state index in [1.807, 2.05) is 30.3 Å². The second kappa shape index (κ2) is 12.4. The van der Waals surface area contributed by atoms with Crippen LogP contribution in [0, 0.1) is 12.3 Å². The Morgan fingerprint density at radius 3 is 2.39 bits per heavy atom. The SMILES string of the molecule is Cc1nc2c(Oc3cccc(C(=O)N(C)C)c3)nc(Oc3cc(C(=N)N)ccc3Cl)nc2n1C(Cc1ccccc1)C(N)=O. The number of amides is 2. The summed E-state index contributed by atoms with van der Waals surface area (Å²) in [5, 5.41) is 8.00. The number of hydrogen-bond donors (Lipinski definition) is 3. The van der Waals surface area contributed by atoms with Gasteiger partial charge < -0.3 is 25.8 Å². The molecular weight excluding hydrogens is 584 g/mol. The van der Waals surface area contributed by atoms with E-state index in [2.05, 4.69) is 15.0 Å². The number of ether oxygens (including phenoxy) is 2. The van der Waals surface area contributed by atoms with Gasteiger partial charge in [-0.3, -0.25) is 19.6 Å². The Balaban J connectivity index is 1.66. The Hall–Kier alpha value is -5.49. The van der Waals surface area contributed by atoms with Crippen LogP contribution in [0.15, 0.2) is 72.8 Å². The average Bonchev–Trinajstić information content (AvgIpc) is 3.32. The molecule has 0 aliphatic rings. The molecule has 0 spiro atoms. The number of amidine groups is 1. The van der Waals surface area contributed by atoms with Crippen LogP contribution in [-0.2, 0) is 11.2 Å². The van der Waals surface area contributed by atoms with Crippen molar-refractivity contribution in [2.45, 2.75) is 19.4 Å². The van der Waals surface area contributed by atoms with Gasteiger partial charge in [0.25, 0.3) is 11.8 Å². The van der Waals surface area contributed by atoms with Crippen molar-refractivity contribution in [2.24, 2.45) is 11.5 Å². The summed E-state index contributed by atoms with van der Waals surface area (Å²) in [6, 6.07) is 19.6. The molecule has 0 saturated heterocycles. The summed E-state index contributed by atoms with van der Waals surface area (Å²) in [6.07, 6.45) is 0.278. The van der Waals surface area contributed by atoms with E-state index in [0.29, 0.717) is 22.7 Å². The third kappa shape index (κ3) is 6.30. The largest absolute Gasteiger partial charge is 0.437 e. The standard InChI is InChI=1S/C31H29ClN8O4/c1-17-36-25-28(40(17)23(27(35)41)14-18-8-5-4-6-9-18)37-31(44-24-16-19(26(33)34)12-13-22(24)32)38-29(25)43-21-11-7-10-20(15-21)30(42)39(2)3/h4-13,15-16,23H,14H2,1-3H3,(H3,33,34)(H2,35,41). The number of nitrogens with zero attached hydrogens (tertiary/aromatic N) is 5. The van der Waals surface area contributed by atoms with E-state index >= 15 is 0 Å². The predicted molar refractivity (Wildman–Crippen MR) is 166 cm³/mol. The van der Waals surface area contributed by atoms with Gasteiger partial charge in [0.05, 0.1) is 5.02 Å². The van der Waals surface area contributed by atoms with E-state index in [9.17, 15) is 9.59 Å². The van der Waals surface area contributed by atoms with Crippen LogP contribution >= 0.6 is 11.6 Å². The Morgan fingerprint density at radius 1 is 0.955 bits per heavy atom. The molecule has 5 N–H and O–H groups in total. The number of nitrogen functional groups attached to an aromatic ring is 1. The van der Waals surface area contributed by atoms with Gasteiger partial charge in [0.15, 0.2) is 11.2 Å². The Bertz CT molecular complexity index is 1890. The number of carbonyl (C=O) groups is 2. The van der Waals surface area contributed by atoms with Crippen LogP contribution in [0.2, 0.25) is 5.02 Å². The van der Waals surface area contributed by atoms with Crippen LogP contribution in [0.5, 0.6) is 23.4 Å². The minimum Gasteiger partial charge on any atom is -0.437 e. The number of primary amides is 1. The number of fused-ring (bicyclic) bond motifs is 1. The third-order valence-electron chi connectivity index (χ3n) is 6.72. The maximum Gasteiger partial charge on any atom is 0.327 e. The lowest BCUT2D eigenvalue weighted by Gasteiger charge is -2.18. The van der Waals surface area contributed by atoms with Crippen molar-refractivity contribution in [2.75, 3.05) is 14.1 Å². The first-order valence-electron chi connectivity index (χ1n) is 13.4. The van der Waals surface area contributed by atoms with Crippen molar-refractivity contribution < 1.29 is 19.1 Å². The van der Waals surface area contributed by atoms with Gasteiger partial charge in [-0.05, 0) is 48.9 Å². The molecule has 0 bridgehead atoms. The number of aryl methyl sites for hydroxylation is 1. The summed E-state index contributed by atoms with van der Waals surface area (Å²) in [6.45, 7) is 1.72. The molecule has 5 aromatic rings. The fourth-order valence-electron chi connectivity index (χ4n) is 4.60. The molecule has 2 heterocycles. The zero-order chi connectivity index (χ0) is 31.5. The summed E-state index contributed by atoms with van der Waals surface area (Å²) in [5.41, 5.74) is 13.7. The summed E-state index contributed by atoms with van der Waals surface area (Å²) in [4.78, 5) is 40.6. The van der Waals surface area contributed by atoms with E-state index in [4.69, 9.17) is 38.0 Å². The van der Waals surface area contributed by atoms with E-state index in [0.717, 1.165) is 5.56 Å². The number of halogens is 1. The number of nitrogens with two attached hydrogens (primary N) is 2. The number of benzene rings is 3. The second-order valence-corrected chi connectivity index (χ2v) is 10.5. The maximum atomic E-state index is 12.8. The van der Waals surface area contributed by atoms with Gasteiger partial charge in [-0.15, -0.1) is 0 Å². The molecule has 2 amide bonds. The molecule has 0 fully saturated rings. The lowest BCUT2D eigenvalue weighted by atomic mass is 10.1. The lowest BCUT2D eigenvalue weighted by molar-refractivity contribution is -0.121. The molecule has 0 radical (unpaired) electrons. The van der Waals surface area contributed by atoms with Crippen LogP contribution in [0.3, 0.4) is 0 Å². The molecule has 13 heteroatoms. The molecule has 5 rings (SSSR count). The highest BCUT2D eigenvalue weighted by atomic mass is 35.5. The minimum atomic E-state index is -0.858. The van der Waals surface area contributed by atoms with Gasteiger partial charge in [-0.1, -0.05) is 48.0 Å². The molecule has 44 heavy (non-hydrogen) atoms. The van der Waals surface area contributed by atoms with E-state index in [1.165, 1.54) is 17.0 Å². The maximum absolute atomic E-state index is 12.8. The van der Waals surface area contributed by atoms with E-state index in [-0.39, 0.29) is 52.0 Å². The van der Waals surface area contributed by atoms with Gasteiger partial charge >= 0.3 is 6.01 Å². The van der Waals surface area contributed by atoms with Crippen molar-refractivity contribution in [3.63, 3.8) is 0 Å². The Morgan fingerprint density at radius 2 is 1.70 bits per heavy atom. The second-order valence-electron chi connectivity index (χ2n) is 10.1. The molecule has 1 unspecified atom stereocenters. The zero-order valence-electron chi connectivity index (χ0n) is 24.1. The molecule has 0 aliphatic heterocycles. The van der Waals surface area contributed by atoms with Crippen LogP contribution in [0.25, 0.3) is 11.2 Å². The van der Waals surface area contributed by atoms with Crippen LogP contribution < -0.4 is 20.9 Å². The highest BCUT2D eigenvalue weighted by Gasteiger charge is 2.27. The van der Waals surface area contributed by atoms with E-state index in [1.54, 1.807) is 55.9 Å². The van der Waals surface area contributed by atoms with Crippen molar-refractivity contribution in [3.05, 3.63) is 100 Å². The highest BCUT2D eigenvalue weighted by Crippen LogP contribution is 2.35. The van der Waals surface area contributed by atoms with E-state index < -0.39 is 11.9 Å². The molecule has 0 aliphatic carbocycles. The first-order valence-corrected chi connectivity index (χ1v) is 13.8. The molecule has 2 aromatic heterocycles. The quantitative estimate of drug-likeness (QED) is 0.151. The Labute approximate surface area is 257 Å². The van der Waals surface area contributed by atoms with Crippen LogP contribution in [-0.4, -0.2) is 56.2 Å². The topological polar surface area (TPSA) is 175 Å². The fraction of sp³-hybridized carbons (Fsp3) is 0.161. The molecule has 3 aromatic carbocycles. The van der Waals surface area contributed by atoms with Crippen molar-refractivity contribution >= 4 is 40.4 Å². The van der Waals surface area contributed by atoms with Crippen LogP contribution in [0.4, 0.5) is 0 Å². The van der Waals surface area contributed by atoms with Crippen molar-refractivity contribution in [1.82, 2.24) is 24.4 Å². The van der Waals surface area contributed by atoms with Gasteiger partial charge in [-0.25, -0.2) is 4.98 Å². The number of aromatic nitrogens is 4. The number of carbonyl (C=O) groups excluding carboxylic acids is 2. The number of nitrogens with one attached hydrogen (secondary N) is 1. The smallest absolute Gasteiger partial charge is 0.327 e. The van der Waals surface area contributed by atoms with Gasteiger partial charge in [0.1, 0.15) is 29.2 Å². The highest BCUT2D eigenvalue weighted by molar-refractivity contribution is 6.32. The molecule has 1 atom stereocenters. The monoisotopic (exact) mass is 612 g/mol. The summed E-state index contributed by atoms with van der Waals surface area (Å²) < 4.78 is 13.8. The third-order valence-corrected chi connectivity index (χ3v) is 7.03. The zero-order valence-corrected chi connectivity index (χ0v) is 24.9. The van der Waals surface area contributed by atoms with Gasteiger partial charge in [0.2, 0.25) is 5.91 Å². The molecule has 224 valence electrons. The van der Waals surface area contributed by atoms with Gasteiger partial charge in [-0.2, -0.15) is 9.97 Å². The molecular formula is C31H29ClN8O4. The molecule has 0 saturated carbocycles. The lowest BCUT2D eigenvalue weighted by Crippen LogP contribution is -2.29. The van der Waals surface area contributed by atoms with Crippen molar-refractivity contribution in [3.8, 4) is 23.4 Å². The predicted octanol–water partition coefficient (Wildman–Crippen LogP) is 4.63. The Kier molecular flexibility index (Phi) is 8.45. The molecule has 12 nitrogen and oxygen atoms in total. The number of hydrogen-bond acceptors (Lipinski definition) is 8. The summed E-state index contributed by atoms with van der Waals surface area (Å²) in [7, 11) is 3.30. The van der Waals surface area contributed by atoms with Gasteiger partial charge in [0, 0.05) is 31.6 Å². The number of imidazole rings is 1.